The third-order valence-electron chi connectivity index (χ3n) is 1.92. The van der Waals surface area contributed by atoms with Crippen molar-refractivity contribution in [3.8, 4) is 0 Å². The van der Waals surface area contributed by atoms with Crippen LogP contribution in [0.15, 0.2) is 12.3 Å². The fourth-order valence-electron chi connectivity index (χ4n) is 1.33. The standard InChI is InChI=1S/C7H7N2O2S/c10-4-8-5-6(11)9-2-1-3-12-7(5)9/h1-2,5,7H,3H2,(H,8,10)/t5?,7-/m0/s1. The molecular weight excluding hydrogens is 176 g/mol. The van der Waals surface area contributed by atoms with Crippen molar-refractivity contribution >= 4 is 24.1 Å². The van der Waals surface area contributed by atoms with Crippen LogP contribution in [0.4, 0.5) is 0 Å². The van der Waals surface area contributed by atoms with E-state index in [1.54, 1.807) is 29.3 Å². The zero-order valence-corrected chi connectivity index (χ0v) is 7.00. The molecule has 0 aromatic heterocycles. The van der Waals surface area contributed by atoms with Crippen LogP contribution in [-0.4, -0.2) is 34.4 Å². The van der Waals surface area contributed by atoms with Crippen molar-refractivity contribution in [1.29, 1.82) is 0 Å². The number of hydrogen-bond acceptors (Lipinski definition) is 3. The van der Waals surface area contributed by atoms with Gasteiger partial charge in [0.15, 0.2) is 0 Å². The predicted molar refractivity (Wildman–Crippen MR) is 44.8 cm³/mol. The lowest BCUT2D eigenvalue weighted by molar-refractivity contribution is -0.141. The van der Waals surface area contributed by atoms with Crippen molar-refractivity contribution in [3.63, 3.8) is 0 Å². The van der Waals surface area contributed by atoms with Crippen LogP contribution in [-0.2, 0) is 9.59 Å². The van der Waals surface area contributed by atoms with Gasteiger partial charge in [0.05, 0.1) is 0 Å². The Kier molecular flexibility index (Phi) is 1.80. The van der Waals surface area contributed by atoms with Gasteiger partial charge in [0, 0.05) is 12.0 Å². The van der Waals surface area contributed by atoms with Crippen molar-refractivity contribution in [2.24, 2.45) is 0 Å². The minimum atomic E-state index is -0.363. The van der Waals surface area contributed by atoms with Gasteiger partial charge in [-0.05, 0) is 0 Å². The summed E-state index contributed by atoms with van der Waals surface area (Å²) >= 11 is 1.64. The second-order valence-electron chi connectivity index (χ2n) is 2.58. The summed E-state index contributed by atoms with van der Waals surface area (Å²) in [4.78, 5) is 22.8. The Morgan fingerprint density at radius 3 is 3.33 bits per heavy atom. The number of rotatable bonds is 2. The molecule has 4 nitrogen and oxygen atoms in total. The molecule has 1 saturated heterocycles. The molecule has 0 saturated carbocycles. The van der Waals surface area contributed by atoms with Crippen LogP contribution in [0.1, 0.15) is 0 Å². The zero-order chi connectivity index (χ0) is 8.55. The van der Waals surface area contributed by atoms with Crippen molar-refractivity contribution in [1.82, 2.24) is 10.2 Å². The SMILES string of the molecule is O=[C]NC1C(=O)N2C=CCS[C@@H]12. The highest BCUT2D eigenvalue weighted by Gasteiger charge is 2.47. The van der Waals surface area contributed by atoms with Gasteiger partial charge in [0.25, 0.3) is 5.91 Å². The van der Waals surface area contributed by atoms with Gasteiger partial charge in [-0.2, -0.15) is 0 Å². The Morgan fingerprint density at radius 2 is 2.58 bits per heavy atom. The van der Waals surface area contributed by atoms with Crippen molar-refractivity contribution in [2.75, 3.05) is 5.75 Å². The first-order valence-electron chi connectivity index (χ1n) is 3.57. The van der Waals surface area contributed by atoms with Gasteiger partial charge in [-0.25, -0.2) is 0 Å². The summed E-state index contributed by atoms with van der Waals surface area (Å²) < 4.78 is 0. The average Bonchev–Trinajstić information content (AvgIpc) is 2.13. The lowest BCUT2D eigenvalue weighted by Gasteiger charge is -2.45. The van der Waals surface area contributed by atoms with Crippen LogP contribution in [0.5, 0.6) is 0 Å². The average molecular weight is 183 g/mol. The lowest BCUT2D eigenvalue weighted by Crippen LogP contribution is -2.67. The number of thioether (sulfide) groups is 1. The first-order chi connectivity index (χ1) is 5.84. The molecule has 0 spiro atoms. The molecular formula is C7H7N2O2S. The summed E-state index contributed by atoms with van der Waals surface area (Å²) in [5.74, 6) is 0.845. The van der Waals surface area contributed by atoms with E-state index in [1.807, 2.05) is 6.08 Å². The van der Waals surface area contributed by atoms with Crippen LogP contribution in [0.3, 0.4) is 0 Å². The molecule has 1 radical (unpaired) electrons. The summed E-state index contributed by atoms with van der Waals surface area (Å²) in [7, 11) is 0. The first kappa shape index (κ1) is 7.67. The number of amides is 2. The molecule has 2 aliphatic heterocycles. The van der Waals surface area contributed by atoms with E-state index in [2.05, 4.69) is 5.32 Å². The minimum absolute atomic E-state index is 0.0493. The van der Waals surface area contributed by atoms with Gasteiger partial charge in [-0.1, -0.05) is 6.08 Å². The molecule has 2 atom stereocenters. The van der Waals surface area contributed by atoms with Gasteiger partial charge >= 0.3 is 6.41 Å². The second-order valence-corrected chi connectivity index (χ2v) is 3.73. The quantitative estimate of drug-likeness (QED) is 0.461. The van der Waals surface area contributed by atoms with E-state index in [0.29, 0.717) is 0 Å². The summed E-state index contributed by atoms with van der Waals surface area (Å²) in [5, 5.41) is 2.47. The minimum Gasteiger partial charge on any atom is -0.333 e. The predicted octanol–water partition coefficient (Wildman–Crippen LogP) is -0.559. The van der Waals surface area contributed by atoms with E-state index < -0.39 is 0 Å². The molecule has 12 heavy (non-hydrogen) atoms. The highest BCUT2D eigenvalue weighted by atomic mass is 32.2. The largest absolute Gasteiger partial charge is 0.333 e. The van der Waals surface area contributed by atoms with Gasteiger partial charge < -0.3 is 10.2 Å². The van der Waals surface area contributed by atoms with Crippen LogP contribution < -0.4 is 5.32 Å². The van der Waals surface area contributed by atoms with Crippen molar-refractivity contribution < 1.29 is 9.59 Å². The number of β-lactam (4-membered cyclic amide) rings is 1. The summed E-state index contributed by atoms with van der Waals surface area (Å²) in [6, 6.07) is -0.363. The Labute approximate surface area is 74.0 Å². The molecule has 0 bridgehead atoms. The van der Waals surface area contributed by atoms with Gasteiger partial charge in [-0.3, -0.25) is 9.59 Å². The van der Waals surface area contributed by atoms with Crippen LogP contribution >= 0.6 is 11.8 Å². The van der Waals surface area contributed by atoms with E-state index in [1.165, 1.54) is 0 Å². The van der Waals surface area contributed by atoms with Crippen molar-refractivity contribution in [3.05, 3.63) is 12.3 Å². The molecule has 0 aromatic rings. The number of nitrogens with one attached hydrogen (secondary N) is 1. The lowest BCUT2D eigenvalue weighted by atomic mass is 10.1. The number of carbonyl (C=O) groups is 1. The van der Waals surface area contributed by atoms with Gasteiger partial charge in [-0.15, -0.1) is 11.8 Å². The molecule has 5 heteroatoms. The molecule has 1 unspecified atom stereocenters. The molecule has 63 valence electrons. The molecule has 2 aliphatic rings. The smallest absolute Gasteiger partial charge is 0.310 e. The Morgan fingerprint density at radius 1 is 1.75 bits per heavy atom. The summed E-state index contributed by atoms with van der Waals surface area (Å²) in [6.07, 6.45) is 5.25. The summed E-state index contributed by atoms with van der Waals surface area (Å²) in [6.45, 7) is 0. The maximum absolute atomic E-state index is 11.2. The van der Waals surface area contributed by atoms with E-state index >= 15 is 0 Å². The van der Waals surface area contributed by atoms with E-state index in [9.17, 15) is 9.59 Å². The van der Waals surface area contributed by atoms with Crippen LogP contribution in [0.2, 0.25) is 0 Å². The molecule has 1 fully saturated rings. The Balaban J connectivity index is 2.07. The highest BCUT2D eigenvalue weighted by molar-refractivity contribution is 8.00. The fourth-order valence-corrected chi connectivity index (χ4v) is 2.43. The monoisotopic (exact) mass is 183 g/mol. The van der Waals surface area contributed by atoms with Crippen LogP contribution in [0.25, 0.3) is 0 Å². The molecule has 2 heterocycles. The molecule has 0 aliphatic carbocycles. The molecule has 1 N–H and O–H groups in total. The summed E-state index contributed by atoms with van der Waals surface area (Å²) in [5.41, 5.74) is 0. The maximum Gasteiger partial charge on any atom is 0.310 e. The second kappa shape index (κ2) is 2.82. The number of hydrogen-bond donors (Lipinski definition) is 1. The number of nitrogens with zero attached hydrogens (tertiary/aromatic N) is 1. The van der Waals surface area contributed by atoms with Crippen molar-refractivity contribution in [2.45, 2.75) is 11.4 Å². The third-order valence-corrected chi connectivity index (χ3v) is 3.15. The maximum atomic E-state index is 11.2. The third kappa shape index (κ3) is 0.929. The van der Waals surface area contributed by atoms with Gasteiger partial charge in [0.1, 0.15) is 11.4 Å². The normalized spacial score (nSPS) is 32.3. The topological polar surface area (TPSA) is 49.4 Å². The fraction of sp³-hybridized carbons (Fsp3) is 0.429. The van der Waals surface area contributed by atoms with Crippen LogP contribution in [0, 0.1) is 0 Å². The van der Waals surface area contributed by atoms with Gasteiger partial charge in [0.2, 0.25) is 0 Å². The van der Waals surface area contributed by atoms with E-state index in [0.717, 1.165) is 5.75 Å². The molecule has 2 amide bonds. The zero-order valence-electron chi connectivity index (χ0n) is 6.19. The number of carbonyl (C=O) groups excluding carboxylic acids is 2. The Bertz CT molecular complexity index is 254. The van der Waals surface area contributed by atoms with E-state index in [-0.39, 0.29) is 17.3 Å². The van der Waals surface area contributed by atoms with E-state index in [4.69, 9.17) is 0 Å². The molecule has 2 rings (SSSR count). The highest BCUT2D eigenvalue weighted by Crippen LogP contribution is 2.32. The number of fused-ring (bicyclic) bond motifs is 1. The Hall–Kier alpha value is -0.970. The molecule has 0 aromatic carbocycles. The first-order valence-corrected chi connectivity index (χ1v) is 4.62.